The number of carbonyl (C=O) groups excluding carboxylic acids is 3. The smallest absolute Gasteiger partial charge is 0.339 e. The summed E-state index contributed by atoms with van der Waals surface area (Å²) < 4.78 is 10.7. The van der Waals surface area contributed by atoms with Gasteiger partial charge in [0.15, 0.2) is 0 Å². The fourth-order valence-electron chi connectivity index (χ4n) is 4.20. The Hall–Kier alpha value is -2.18. The Labute approximate surface area is 149 Å². The first-order valence-electron chi connectivity index (χ1n) is 7.88. The number of rotatable bonds is 2. The molecule has 4 rings (SSSR count). The van der Waals surface area contributed by atoms with Gasteiger partial charge < -0.3 is 9.47 Å². The molecule has 0 spiro atoms. The van der Waals surface area contributed by atoms with Crippen LogP contribution in [0.2, 0.25) is 5.02 Å². The zero-order valence-corrected chi connectivity index (χ0v) is 14.7. The number of hydrogen-bond donors (Lipinski definition) is 0. The van der Waals surface area contributed by atoms with Crippen LogP contribution in [0, 0.1) is 11.8 Å². The summed E-state index contributed by atoms with van der Waals surface area (Å²) in [5, 5.41) is 0.193. The molecule has 0 aliphatic carbocycles. The van der Waals surface area contributed by atoms with Gasteiger partial charge in [-0.1, -0.05) is 23.8 Å². The summed E-state index contributed by atoms with van der Waals surface area (Å²) >= 11 is 6.03. The predicted octanol–water partition coefficient (Wildman–Crippen LogP) is 2.35. The first-order valence-corrected chi connectivity index (χ1v) is 8.26. The second-order valence-corrected chi connectivity index (χ2v) is 7.33. The molecule has 2 saturated heterocycles. The average Bonchev–Trinajstić information content (AvgIpc) is 3.12. The molecule has 130 valence electrons. The lowest BCUT2D eigenvalue weighted by Crippen LogP contribution is -2.39. The molecular weight excluding hydrogens is 346 g/mol. The number of esters is 1. The van der Waals surface area contributed by atoms with Crippen molar-refractivity contribution >= 4 is 35.1 Å². The summed E-state index contributed by atoms with van der Waals surface area (Å²) in [6, 6.07) is 4.43. The number of benzene rings is 1. The third-order valence-corrected chi connectivity index (χ3v) is 5.67. The monoisotopic (exact) mass is 361 g/mol. The van der Waals surface area contributed by atoms with E-state index in [1.165, 1.54) is 19.2 Å². The normalized spacial score (nSPS) is 35.4. The summed E-state index contributed by atoms with van der Waals surface area (Å²) in [5.41, 5.74) is -1.17. The molecule has 3 heterocycles. The standard InChI is InChI=1S/C18H16ClNO5/c1-17-6-7-18(2,25-17)13-12(17)14(21)20(15(13)22)9-4-5-11(19)10(8-9)16(23)24-3/h4-8,12-13H,1-3H3/t12-,13-,17-,18+/m1/s1. The molecule has 2 bridgehead atoms. The molecule has 0 aromatic heterocycles. The molecule has 3 aliphatic heterocycles. The van der Waals surface area contributed by atoms with Crippen LogP contribution in [0.5, 0.6) is 0 Å². The molecular formula is C18H16ClNO5. The molecule has 0 unspecified atom stereocenters. The van der Waals surface area contributed by atoms with E-state index in [1.807, 2.05) is 26.0 Å². The summed E-state index contributed by atoms with van der Waals surface area (Å²) in [4.78, 5) is 39.0. The minimum absolute atomic E-state index is 0.106. The van der Waals surface area contributed by atoms with Crippen molar-refractivity contribution in [3.63, 3.8) is 0 Å². The van der Waals surface area contributed by atoms with Gasteiger partial charge in [0.1, 0.15) is 0 Å². The lowest BCUT2D eigenvalue weighted by molar-refractivity contribution is -0.128. The second-order valence-electron chi connectivity index (χ2n) is 6.93. The Kier molecular flexibility index (Phi) is 3.21. The first-order chi connectivity index (χ1) is 11.7. The van der Waals surface area contributed by atoms with E-state index in [2.05, 4.69) is 0 Å². The lowest BCUT2D eigenvalue weighted by atomic mass is 9.73. The third-order valence-electron chi connectivity index (χ3n) is 5.34. The fraction of sp³-hybridized carbons (Fsp3) is 0.389. The number of halogens is 1. The van der Waals surface area contributed by atoms with Gasteiger partial charge in [-0.25, -0.2) is 9.69 Å². The summed E-state index contributed by atoms with van der Waals surface area (Å²) in [7, 11) is 1.24. The number of anilines is 1. The molecule has 2 amide bonds. The van der Waals surface area contributed by atoms with E-state index in [-0.39, 0.29) is 22.4 Å². The number of hydrogen-bond acceptors (Lipinski definition) is 5. The van der Waals surface area contributed by atoms with E-state index in [1.54, 1.807) is 6.07 Å². The van der Waals surface area contributed by atoms with E-state index in [0.717, 1.165) is 4.90 Å². The van der Waals surface area contributed by atoms with Crippen molar-refractivity contribution in [2.24, 2.45) is 11.8 Å². The molecule has 1 aromatic rings. The summed E-state index contributed by atoms with van der Waals surface area (Å²) in [6.45, 7) is 3.63. The maximum absolute atomic E-state index is 13.0. The Bertz CT molecular complexity index is 829. The minimum Gasteiger partial charge on any atom is -0.465 e. The Morgan fingerprint density at radius 3 is 2.24 bits per heavy atom. The number of fused-ring (bicyclic) bond motifs is 5. The molecule has 0 saturated carbocycles. The van der Waals surface area contributed by atoms with Crippen LogP contribution in [0.25, 0.3) is 0 Å². The molecule has 25 heavy (non-hydrogen) atoms. The highest BCUT2D eigenvalue weighted by Gasteiger charge is 2.70. The largest absolute Gasteiger partial charge is 0.465 e. The van der Waals surface area contributed by atoms with Crippen LogP contribution >= 0.6 is 11.6 Å². The fourth-order valence-corrected chi connectivity index (χ4v) is 4.40. The van der Waals surface area contributed by atoms with Crippen molar-refractivity contribution in [2.75, 3.05) is 12.0 Å². The van der Waals surface area contributed by atoms with Gasteiger partial charge in [-0.2, -0.15) is 0 Å². The van der Waals surface area contributed by atoms with Crippen LogP contribution in [-0.4, -0.2) is 36.1 Å². The van der Waals surface area contributed by atoms with Crippen LogP contribution in [0.3, 0.4) is 0 Å². The van der Waals surface area contributed by atoms with Crippen LogP contribution < -0.4 is 4.90 Å². The quantitative estimate of drug-likeness (QED) is 0.459. The van der Waals surface area contributed by atoms with E-state index < -0.39 is 29.0 Å². The van der Waals surface area contributed by atoms with Gasteiger partial charge in [0.05, 0.1) is 46.4 Å². The highest BCUT2D eigenvalue weighted by molar-refractivity contribution is 6.34. The van der Waals surface area contributed by atoms with Gasteiger partial charge in [0, 0.05) is 0 Å². The van der Waals surface area contributed by atoms with Crippen molar-refractivity contribution < 1.29 is 23.9 Å². The number of carbonyl (C=O) groups is 3. The van der Waals surface area contributed by atoms with Crippen LogP contribution in [0.15, 0.2) is 30.4 Å². The number of nitrogens with zero attached hydrogens (tertiary/aromatic N) is 1. The highest BCUT2D eigenvalue weighted by Crippen LogP contribution is 2.57. The van der Waals surface area contributed by atoms with Gasteiger partial charge in [0.25, 0.3) is 0 Å². The number of imide groups is 1. The molecule has 0 radical (unpaired) electrons. The Balaban J connectivity index is 1.78. The van der Waals surface area contributed by atoms with Gasteiger partial charge in [-0.15, -0.1) is 0 Å². The van der Waals surface area contributed by atoms with Crippen molar-refractivity contribution in [2.45, 2.75) is 25.0 Å². The highest BCUT2D eigenvalue weighted by atomic mass is 35.5. The lowest BCUT2D eigenvalue weighted by Gasteiger charge is -2.25. The number of methoxy groups -OCH3 is 1. The molecule has 7 heteroatoms. The maximum atomic E-state index is 13.0. The van der Waals surface area contributed by atoms with Crippen molar-refractivity contribution in [3.8, 4) is 0 Å². The van der Waals surface area contributed by atoms with Crippen molar-refractivity contribution in [3.05, 3.63) is 40.9 Å². The number of ether oxygens (including phenoxy) is 2. The Morgan fingerprint density at radius 1 is 1.16 bits per heavy atom. The van der Waals surface area contributed by atoms with Gasteiger partial charge >= 0.3 is 5.97 Å². The molecule has 4 atom stereocenters. The van der Waals surface area contributed by atoms with E-state index >= 15 is 0 Å². The second kappa shape index (κ2) is 4.93. The van der Waals surface area contributed by atoms with E-state index in [9.17, 15) is 14.4 Å². The molecule has 0 N–H and O–H groups in total. The van der Waals surface area contributed by atoms with E-state index in [4.69, 9.17) is 21.1 Å². The first kappa shape index (κ1) is 16.3. The molecule has 3 aliphatic rings. The number of amides is 2. The van der Waals surface area contributed by atoms with E-state index in [0.29, 0.717) is 5.69 Å². The Morgan fingerprint density at radius 2 is 1.72 bits per heavy atom. The minimum atomic E-state index is -0.793. The van der Waals surface area contributed by atoms with Gasteiger partial charge in [-0.3, -0.25) is 9.59 Å². The van der Waals surface area contributed by atoms with Crippen LogP contribution in [0.4, 0.5) is 5.69 Å². The molecule has 2 fully saturated rings. The van der Waals surface area contributed by atoms with Crippen LogP contribution in [0.1, 0.15) is 24.2 Å². The topological polar surface area (TPSA) is 72.9 Å². The average molecular weight is 362 g/mol. The SMILES string of the molecule is COC(=O)c1cc(N2C(=O)[C@H]3[C@H](C2=O)[C@]2(C)C=C[C@@]3(C)O2)ccc1Cl. The van der Waals surface area contributed by atoms with Gasteiger partial charge in [0.2, 0.25) is 11.8 Å². The van der Waals surface area contributed by atoms with Gasteiger partial charge in [-0.05, 0) is 32.0 Å². The maximum Gasteiger partial charge on any atom is 0.339 e. The summed E-state index contributed by atoms with van der Waals surface area (Å²) in [6.07, 6.45) is 3.70. The molecule has 1 aromatic carbocycles. The third kappa shape index (κ3) is 1.98. The van der Waals surface area contributed by atoms with Crippen molar-refractivity contribution in [1.29, 1.82) is 0 Å². The van der Waals surface area contributed by atoms with Crippen molar-refractivity contribution in [1.82, 2.24) is 0 Å². The summed E-state index contributed by atoms with van der Waals surface area (Å²) in [5.74, 6) is -2.44. The zero-order chi connectivity index (χ0) is 18.1. The predicted molar refractivity (Wildman–Crippen MR) is 89.3 cm³/mol. The van der Waals surface area contributed by atoms with Crippen LogP contribution in [-0.2, 0) is 19.1 Å². The zero-order valence-electron chi connectivity index (χ0n) is 13.9. The molecule has 6 nitrogen and oxygen atoms in total.